The Morgan fingerprint density at radius 2 is 2.00 bits per heavy atom. The molecule has 1 N–H and O–H groups in total. The van der Waals surface area contributed by atoms with Crippen molar-refractivity contribution in [2.75, 3.05) is 5.75 Å². The molecular weight excluding hydrogens is 132 g/mol. The minimum absolute atomic E-state index is 0.0590. The number of hydrogen-bond donors (Lipinski definition) is 2. The van der Waals surface area contributed by atoms with Crippen molar-refractivity contribution < 1.29 is 5.11 Å². The fourth-order valence-corrected chi connectivity index (χ4v) is 1.83. The van der Waals surface area contributed by atoms with Gasteiger partial charge in [-0.3, -0.25) is 0 Å². The lowest BCUT2D eigenvalue weighted by atomic mass is 9.88. The van der Waals surface area contributed by atoms with Crippen LogP contribution in [0.25, 0.3) is 0 Å². The lowest BCUT2D eigenvalue weighted by Crippen LogP contribution is -2.25. The maximum atomic E-state index is 9.32. The molecule has 0 unspecified atom stereocenters. The first-order valence-corrected chi connectivity index (χ1v) is 4.26. The van der Waals surface area contributed by atoms with E-state index in [2.05, 4.69) is 12.6 Å². The Morgan fingerprint density at radius 1 is 1.33 bits per heavy atom. The van der Waals surface area contributed by atoms with Gasteiger partial charge in [-0.1, -0.05) is 12.8 Å². The van der Waals surface area contributed by atoms with E-state index in [0.717, 1.165) is 12.2 Å². The van der Waals surface area contributed by atoms with Crippen LogP contribution in [-0.4, -0.2) is 17.0 Å². The number of rotatable bonds is 1. The zero-order chi connectivity index (χ0) is 6.69. The lowest BCUT2D eigenvalue weighted by molar-refractivity contribution is 0.0818. The van der Waals surface area contributed by atoms with Crippen molar-refractivity contribution >= 4 is 12.6 Å². The molecule has 1 aliphatic rings. The third-order valence-corrected chi connectivity index (χ3v) is 2.57. The van der Waals surface area contributed by atoms with Crippen molar-refractivity contribution in [2.24, 2.45) is 5.92 Å². The second-order valence-electron chi connectivity index (χ2n) is 2.79. The van der Waals surface area contributed by atoms with Gasteiger partial charge in [-0.05, 0) is 24.5 Å². The fourth-order valence-electron chi connectivity index (χ4n) is 1.40. The summed E-state index contributed by atoms with van der Waals surface area (Å²) in [6, 6.07) is 0. The van der Waals surface area contributed by atoms with E-state index < -0.39 is 0 Å². The smallest absolute Gasteiger partial charge is 0.0576 e. The molecule has 0 aromatic carbocycles. The number of hydrogen-bond acceptors (Lipinski definition) is 2. The molecule has 54 valence electrons. The minimum atomic E-state index is -0.0590. The van der Waals surface area contributed by atoms with E-state index in [0.29, 0.717) is 5.92 Å². The Balaban J connectivity index is 2.30. The van der Waals surface area contributed by atoms with Crippen LogP contribution in [0, 0.1) is 5.92 Å². The Hall–Kier alpha value is 0.310. The van der Waals surface area contributed by atoms with Gasteiger partial charge in [-0.2, -0.15) is 12.6 Å². The molecular formula is C7H14OS. The zero-order valence-corrected chi connectivity index (χ0v) is 6.48. The summed E-state index contributed by atoms with van der Waals surface area (Å²) in [6.07, 6.45) is 4.58. The summed E-state index contributed by atoms with van der Waals surface area (Å²) in [5.41, 5.74) is 0. The van der Waals surface area contributed by atoms with Gasteiger partial charge in [0.1, 0.15) is 0 Å². The predicted molar refractivity (Wildman–Crippen MR) is 41.8 cm³/mol. The van der Waals surface area contributed by atoms with Crippen LogP contribution in [0.4, 0.5) is 0 Å². The van der Waals surface area contributed by atoms with Crippen LogP contribution < -0.4 is 0 Å². The van der Waals surface area contributed by atoms with Gasteiger partial charge in [0.05, 0.1) is 6.10 Å². The zero-order valence-electron chi connectivity index (χ0n) is 5.58. The summed E-state index contributed by atoms with van der Waals surface area (Å²) in [7, 11) is 0. The Kier molecular flexibility index (Phi) is 2.86. The molecule has 0 amide bonds. The highest BCUT2D eigenvalue weighted by atomic mass is 32.1. The molecule has 1 nitrogen and oxygen atoms in total. The maximum Gasteiger partial charge on any atom is 0.0576 e. The molecule has 0 bridgehead atoms. The predicted octanol–water partition coefficient (Wildman–Crippen LogP) is 1.47. The fraction of sp³-hybridized carbons (Fsp3) is 1.00. The highest BCUT2D eigenvalue weighted by Gasteiger charge is 2.20. The van der Waals surface area contributed by atoms with Crippen molar-refractivity contribution in [3.8, 4) is 0 Å². The van der Waals surface area contributed by atoms with Gasteiger partial charge < -0.3 is 5.11 Å². The molecule has 0 aromatic rings. The topological polar surface area (TPSA) is 20.2 Å². The van der Waals surface area contributed by atoms with Crippen LogP contribution in [0.3, 0.4) is 0 Å². The van der Waals surface area contributed by atoms with Gasteiger partial charge in [0, 0.05) is 0 Å². The molecule has 9 heavy (non-hydrogen) atoms. The van der Waals surface area contributed by atoms with Crippen LogP contribution in [0.2, 0.25) is 0 Å². The van der Waals surface area contributed by atoms with E-state index in [1.54, 1.807) is 0 Å². The molecule has 2 atom stereocenters. The lowest BCUT2D eigenvalue weighted by Gasteiger charge is -2.25. The Morgan fingerprint density at radius 3 is 2.44 bits per heavy atom. The van der Waals surface area contributed by atoms with Crippen LogP contribution in [0.5, 0.6) is 0 Å². The van der Waals surface area contributed by atoms with E-state index >= 15 is 0 Å². The standard InChI is InChI=1S/C7H14OS/c8-7-4-2-1-3-6(7)5-9/h6-9H,1-5H2/t6-,7-/m0/s1. The summed E-state index contributed by atoms with van der Waals surface area (Å²) in [5.74, 6) is 1.32. The highest BCUT2D eigenvalue weighted by Crippen LogP contribution is 2.24. The van der Waals surface area contributed by atoms with E-state index in [9.17, 15) is 5.11 Å². The molecule has 0 heterocycles. The van der Waals surface area contributed by atoms with Crippen molar-refractivity contribution in [1.82, 2.24) is 0 Å². The summed E-state index contributed by atoms with van der Waals surface area (Å²) < 4.78 is 0. The van der Waals surface area contributed by atoms with Gasteiger partial charge in [-0.25, -0.2) is 0 Å². The monoisotopic (exact) mass is 146 g/mol. The second-order valence-corrected chi connectivity index (χ2v) is 3.16. The first kappa shape index (κ1) is 7.42. The molecule has 0 saturated heterocycles. The van der Waals surface area contributed by atoms with E-state index in [1.165, 1.54) is 19.3 Å². The number of thiol groups is 1. The van der Waals surface area contributed by atoms with E-state index in [4.69, 9.17) is 0 Å². The highest BCUT2D eigenvalue weighted by molar-refractivity contribution is 7.80. The van der Waals surface area contributed by atoms with Crippen LogP contribution in [-0.2, 0) is 0 Å². The Bertz CT molecular complexity index is 85.0. The summed E-state index contributed by atoms with van der Waals surface area (Å²) in [4.78, 5) is 0. The summed E-state index contributed by atoms with van der Waals surface area (Å²) in [5, 5.41) is 9.32. The van der Waals surface area contributed by atoms with Crippen LogP contribution in [0.15, 0.2) is 0 Å². The molecule has 1 fully saturated rings. The third-order valence-electron chi connectivity index (χ3n) is 2.10. The third kappa shape index (κ3) is 1.87. The molecule has 0 aromatic heterocycles. The van der Waals surface area contributed by atoms with Crippen molar-refractivity contribution in [2.45, 2.75) is 31.8 Å². The molecule has 2 heteroatoms. The summed E-state index contributed by atoms with van der Waals surface area (Å²) in [6.45, 7) is 0. The molecule has 0 aliphatic heterocycles. The van der Waals surface area contributed by atoms with E-state index in [-0.39, 0.29) is 6.10 Å². The minimum Gasteiger partial charge on any atom is -0.393 e. The van der Waals surface area contributed by atoms with Crippen molar-refractivity contribution in [3.05, 3.63) is 0 Å². The first-order chi connectivity index (χ1) is 4.34. The van der Waals surface area contributed by atoms with Gasteiger partial charge in [0.2, 0.25) is 0 Å². The van der Waals surface area contributed by atoms with Crippen molar-refractivity contribution in [3.63, 3.8) is 0 Å². The van der Waals surface area contributed by atoms with Gasteiger partial charge in [0.15, 0.2) is 0 Å². The van der Waals surface area contributed by atoms with Gasteiger partial charge >= 0.3 is 0 Å². The normalized spacial score (nSPS) is 36.7. The second kappa shape index (κ2) is 3.47. The average molecular weight is 146 g/mol. The number of aliphatic hydroxyl groups is 1. The van der Waals surface area contributed by atoms with Crippen molar-refractivity contribution in [1.29, 1.82) is 0 Å². The molecule has 1 rings (SSSR count). The van der Waals surface area contributed by atoms with E-state index in [1.807, 2.05) is 0 Å². The summed E-state index contributed by atoms with van der Waals surface area (Å²) >= 11 is 4.16. The average Bonchev–Trinajstić information content (AvgIpc) is 1.89. The van der Waals surface area contributed by atoms with Crippen LogP contribution >= 0.6 is 12.6 Å². The SMILES string of the molecule is O[C@H]1CCCC[C@H]1CS. The first-order valence-electron chi connectivity index (χ1n) is 3.63. The van der Waals surface area contributed by atoms with Gasteiger partial charge in [0.25, 0.3) is 0 Å². The molecule has 1 aliphatic carbocycles. The molecule has 1 saturated carbocycles. The quantitative estimate of drug-likeness (QED) is 0.537. The maximum absolute atomic E-state index is 9.32. The largest absolute Gasteiger partial charge is 0.393 e. The Labute approximate surface area is 61.9 Å². The molecule has 0 spiro atoms. The van der Waals surface area contributed by atoms with Gasteiger partial charge in [-0.15, -0.1) is 0 Å². The number of aliphatic hydroxyl groups excluding tert-OH is 1. The molecule has 0 radical (unpaired) electrons. The van der Waals surface area contributed by atoms with Crippen LogP contribution in [0.1, 0.15) is 25.7 Å².